The number of fused-ring (bicyclic) bond motifs is 1. The van der Waals surface area contributed by atoms with Crippen LogP contribution >= 0.6 is 7.60 Å². The van der Waals surface area contributed by atoms with Gasteiger partial charge in [-0.3, -0.25) is 14.3 Å². The fraction of sp³-hybridized carbons (Fsp3) is 0.545. The van der Waals surface area contributed by atoms with E-state index in [1.165, 1.54) is 6.92 Å². The number of halogens is 2. The van der Waals surface area contributed by atoms with Crippen LogP contribution in [0.2, 0.25) is 0 Å². The first-order valence-electron chi connectivity index (χ1n) is 6.72. The van der Waals surface area contributed by atoms with Crippen molar-refractivity contribution < 1.29 is 27.9 Å². The second-order valence-corrected chi connectivity index (χ2v) is 7.31. The van der Waals surface area contributed by atoms with Crippen LogP contribution in [0, 0.1) is 5.92 Å². The van der Waals surface area contributed by atoms with E-state index in [2.05, 4.69) is 15.0 Å². The van der Waals surface area contributed by atoms with Crippen molar-refractivity contribution in [3.05, 3.63) is 16.7 Å². The van der Waals surface area contributed by atoms with Gasteiger partial charge in [0.15, 0.2) is 11.2 Å². The first kappa shape index (κ1) is 17.0. The van der Waals surface area contributed by atoms with Gasteiger partial charge in [-0.2, -0.15) is 4.98 Å². The van der Waals surface area contributed by atoms with Crippen LogP contribution in [0.5, 0.6) is 0 Å². The zero-order chi connectivity index (χ0) is 17.9. The number of aromatic nitrogens is 4. The molecule has 2 heterocycles. The predicted octanol–water partition coefficient (Wildman–Crippen LogP) is -0.166. The molecule has 132 valence electrons. The molecule has 2 aromatic heterocycles. The molecular weight excluding hydrogens is 351 g/mol. The number of alkyl halides is 2. The number of anilines is 1. The smallest absolute Gasteiger partial charge is 0.350 e. The molecule has 0 spiro atoms. The summed E-state index contributed by atoms with van der Waals surface area (Å²) >= 11 is 0. The Morgan fingerprint density at radius 3 is 2.83 bits per heavy atom. The van der Waals surface area contributed by atoms with Crippen LogP contribution in [-0.2, 0) is 14.8 Å². The Kier molecular flexibility index (Phi) is 3.57. The van der Waals surface area contributed by atoms with E-state index in [-0.39, 0.29) is 17.1 Å². The van der Waals surface area contributed by atoms with Crippen LogP contribution in [0.25, 0.3) is 11.2 Å². The number of nitrogens with two attached hydrogens (primary N) is 1. The maximum absolute atomic E-state index is 14.3. The standard InChI is InChI=1S/C11H14F2N5O5P/c1-10(5(11(10,12)13)2-23-4-24(20,21)22)18-3-15-6-7(18)16-9(14)17-8(6)19/h3,5H,2,4H2,1H3,(H2,20,21,22)(H3,14,16,17,19)/t5-,10+/m1/s1. The van der Waals surface area contributed by atoms with Crippen LogP contribution in [0.4, 0.5) is 14.7 Å². The molecule has 0 aromatic carbocycles. The van der Waals surface area contributed by atoms with Crippen LogP contribution in [0.1, 0.15) is 6.92 Å². The Morgan fingerprint density at radius 2 is 2.21 bits per heavy atom. The molecule has 13 heteroatoms. The Bertz CT molecular complexity index is 908. The molecule has 24 heavy (non-hydrogen) atoms. The first-order valence-corrected chi connectivity index (χ1v) is 8.51. The minimum Gasteiger partial charge on any atom is -0.369 e. The number of hydrogen-bond acceptors (Lipinski definition) is 6. The van der Waals surface area contributed by atoms with Gasteiger partial charge in [-0.1, -0.05) is 0 Å². The summed E-state index contributed by atoms with van der Waals surface area (Å²) in [6.45, 7) is 0.644. The topological polar surface area (TPSA) is 156 Å². The van der Waals surface area contributed by atoms with Crippen molar-refractivity contribution in [2.45, 2.75) is 18.4 Å². The molecule has 10 nitrogen and oxygen atoms in total. The van der Waals surface area contributed by atoms with E-state index < -0.39 is 43.5 Å². The molecule has 2 atom stereocenters. The summed E-state index contributed by atoms with van der Waals surface area (Å²) in [5.41, 5.74) is 2.75. The van der Waals surface area contributed by atoms with Crippen LogP contribution in [0.3, 0.4) is 0 Å². The number of ether oxygens (including phenoxy) is 1. The first-order chi connectivity index (χ1) is 11.0. The van der Waals surface area contributed by atoms with E-state index in [4.69, 9.17) is 20.3 Å². The predicted molar refractivity (Wildman–Crippen MR) is 77.5 cm³/mol. The SMILES string of the molecule is C[C@]1(n2cnc3c(=O)[nH]c(N)nc32)[C@@H](COCP(=O)(O)O)C1(F)F. The summed E-state index contributed by atoms with van der Waals surface area (Å²) in [4.78, 5) is 39.0. The summed E-state index contributed by atoms with van der Waals surface area (Å²) < 4.78 is 45.1. The summed E-state index contributed by atoms with van der Waals surface area (Å²) in [7, 11) is -4.45. The summed E-state index contributed by atoms with van der Waals surface area (Å²) in [5.74, 6) is -4.85. The Labute approximate surface area is 132 Å². The van der Waals surface area contributed by atoms with Crippen molar-refractivity contribution in [1.82, 2.24) is 19.5 Å². The highest BCUT2D eigenvalue weighted by atomic mass is 31.2. The molecule has 5 N–H and O–H groups in total. The number of H-pyrrole nitrogens is 1. The molecule has 1 aliphatic carbocycles. The summed E-state index contributed by atoms with van der Waals surface area (Å²) in [6, 6.07) is 0. The summed E-state index contributed by atoms with van der Waals surface area (Å²) in [5, 5.41) is 0. The van der Waals surface area contributed by atoms with Crippen LogP contribution < -0.4 is 11.3 Å². The lowest BCUT2D eigenvalue weighted by molar-refractivity contribution is 0.0491. The molecular formula is C11H14F2N5O5P. The molecule has 0 saturated heterocycles. The van der Waals surface area contributed by atoms with Gasteiger partial charge in [0.1, 0.15) is 11.9 Å². The van der Waals surface area contributed by atoms with Gasteiger partial charge >= 0.3 is 7.60 Å². The molecule has 0 amide bonds. The monoisotopic (exact) mass is 365 g/mol. The van der Waals surface area contributed by atoms with E-state index in [0.29, 0.717) is 0 Å². The zero-order valence-electron chi connectivity index (χ0n) is 12.3. The van der Waals surface area contributed by atoms with Gasteiger partial charge in [-0.15, -0.1) is 0 Å². The van der Waals surface area contributed by atoms with Crippen molar-refractivity contribution in [2.24, 2.45) is 5.92 Å². The maximum Gasteiger partial charge on any atom is 0.350 e. The maximum atomic E-state index is 14.3. The van der Waals surface area contributed by atoms with Gasteiger partial charge < -0.3 is 24.8 Å². The molecule has 0 bridgehead atoms. The molecule has 1 saturated carbocycles. The fourth-order valence-corrected chi connectivity index (χ4v) is 3.10. The van der Waals surface area contributed by atoms with E-state index in [1.807, 2.05) is 0 Å². The van der Waals surface area contributed by atoms with Crippen LogP contribution in [-0.4, -0.2) is 48.2 Å². The second-order valence-electron chi connectivity index (χ2n) is 5.73. The zero-order valence-corrected chi connectivity index (χ0v) is 13.2. The van der Waals surface area contributed by atoms with E-state index in [1.54, 1.807) is 0 Å². The number of nitrogen functional groups attached to an aromatic ring is 1. The van der Waals surface area contributed by atoms with Crippen LogP contribution in [0.15, 0.2) is 11.1 Å². The molecule has 1 fully saturated rings. The normalized spacial score (nSPS) is 26.0. The minimum absolute atomic E-state index is 0.101. The third kappa shape index (κ3) is 2.42. The van der Waals surface area contributed by atoms with E-state index in [9.17, 15) is 18.1 Å². The van der Waals surface area contributed by atoms with Gasteiger partial charge in [0.2, 0.25) is 5.95 Å². The molecule has 0 radical (unpaired) electrons. The number of rotatable bonds is 5. The number of nitrogens with one attached hydrogen (secondary N) is 1. The lowest BCUT2D eigenvalue weighted by Crippen LogP contribution is -2.22. The highest BCUT2D eigenvalue weighted by molar-refractivity contribution is 7.51. The Hall–Kier alpha value is -1.88. The Morgan fingerprint density at radius 1 is 1.54 bits per heavy atom. The average Bonchev–Trinajstić information content (AvgIpc) is 2.75. The molecule has 0 aliphatic heterocycles. The number of aromatic amines is 1. The van der Waals surface area contributed by atoms with Gasteiger partial charge in [0.25, 0.3) is 11.5 Å². The highest BCUT2D eigenvalue weighted by Crippen LogP contribution is 2.64. The third-order valence-corrected chi connectivity index (χ3v) is 4.70. The van der Waals surface area contributed by atoms with E-state index in [0.717, 1.165) is 10.9 Å². The Balaban J connectivity index is 1.94. The van der Waals surface area contributed by atoms with Gasteiger partial charge in [0, 0.05) is 0 Å². The second kappa shape index (κ2) is 5.06. The van der Waals surface area contributed by atoms with Crippen molar-refractivity contribution in [3.63, 3.8) is 0 Å². The molecule has 2 aromatic rings. The summed E-state index contributed by atoms with van der Waals surface area (Å²) in [6.07, 6.45) is 0.106. The van der Waals surface area contributed by atoms with Crippen molar-refractivity contribution in [3.8, 4) is 0 Å². The van der Waals surface area contributed by atoms with Gasteiger partial charge in [-0.05, 0) is 6.92 Å². The van der Waals surface area contributed by atoms with Crippen molar-refractivity contribution >= 4 is 24.7 Å². The average molecular weight is 365 g/mol. The van der Waals surface area contributed by atoms with Gasteiger partial charge in [0.05, 0.1) is 18.9 Å². The number of hydrogen-bond donors (Lipinski definition) is 4. The largest absolute Gasteiger partial charge is 0.369 e. The molecule has 3 rings (SSSR count). The van der Waals surface area contributed by atoms with E-state index >= 15 is 0 Å². The lowest BCUT2D eigenvalue weighted by atomic mass is 10.2. The third-order valence-electron chi connectivity index (χ3n) is 4.18. The lowest BCUT2D eigenvalue weighted by Gasteiger charge is -2.13. The number of imidazole rings is 1. The van der Waals surface area contributed by atoms with Crippen molar-refractivity contribution in [1.29, 1.82) is 0 Å². The highest BCUT2D eigenvalue weighted by Gasteiger charge is 2.79. The van der Waals surface area contributed by atoms with Crippen molar-refractivity contribution in [2.75, 3.05) is 18.7 Å². The molecule has 0 unspecified atom stereocenters. The fourth-order valence-electron chi connectivity index (χ4n) is 2.75. The van der Waals surface area contributed by atoms with Gasteiger partial charge in [-0.25, -0.2) is 13.8 Å². The minimum atomic E-state index is -4.45. The number of nitrogens with zero attached hydrogens (tertiary/aromatic N) is 3. The quantitative estimate of drug-likeness (QED) is 0.532. The molecule has 1 aliphatic rings.